The minimum atomic E-state index is -1.05. The molecule has 4 N–H and O–H groups in total. The summed E-state index contributed by atoms with van der Waals surface area (Å²) in [7, 11) is 1.56. The number of ether oxygens (including phenoxy) is 1. The minimum Gasteiger partial charge on any atom is -0.497 e. The van der Waals surface area contributed by atoms with Gasteiger partial charge in [-0.3, -0.25) is 0 Å². The molecule has 2 unspecified atom stereocenters. The molecule has 0 saturated carbocycles. The van der Waals surface area contributed by atoms with Crippen molar-refractivity contribution in [2.24, 2.45) is 0 Å². The van der Waals surface area contributed by atoms with E-state index in [4.69, 9.17) is 14.1 Å². The highest BCUT2D eigenvalue weighted by atomic mass is 19.1. The Kier molecular flexibility index (Phi) is 14.9. The number of anilines is 2. The van der Waals surface area contributed by atoms with Crippen LogP contribution in [-0.4, -0.2) is 61.3 Å². The number of hydrogen-bond acceptors (Lipinski definition) is 10. The molecule has 0 aliphatic rings. The highest BCUT2D eigenvalue weighted by Crippen LogP contribution is 2.26. The van der Waals surface area contributed by atoms with E-state index < -0.39 is 24.0 Å². The van der Waals surface area contributed by atoms with Crippen molar-refractivity contribution in [3.8, 4) is 28.3 Å². The van der Waals surface area contributed by atoms with Crippen LogP contribution in [0.15, 0.2) is 169 Å². The van der Waals surface area contributed by atoms with Crippen LogP contribution in [0.4, 0.5) is 20.4 Å². The van der Waals surface area contributed by atoms with Crippen molar-refractivity contribution in [3.05, 3.63) is 210 Å². The predicted octanol–water partition coefficient (Wildman–Crippen LogP) is 9.56. The number of carbonyl (C=O) groups is 2. The van der Waals surface area contributed by atoms with Gasteiger partial charge in [0.1, 0.15) is 46.9 Å². The van der Waals surface area contributed by atoms with Gasteiger partial charge in [-0.2, -0.15) is 0 Å². The number of aliphatic carboxylic acids is 2. The number of furan rings is 1. The molecule has 0 spiro atoms. The van der Waals surface area contributed by atoms with Crippen LogP contribution in [0.1, 0.15) is 33.8 Å². The van der Waals surface area contributed by atoms with E-state index in [1.807, 2.05) is 72.8 Å². The normalized spacial score (nSPS) is 11.7. The molecule has 0 amide bonds. The molecule has 0 fully saturated rings. The van der Waals surface area contributed by atoms with Crippen molar-refractivity contribution in [1.29, 1.82) is 0 Å². The van der Waals surface area contributed by atoms with Gasteiger partial charge >= 0.3 is 11.9 Å². The Labute approximate surface area is 373 Å². The molecule has 65 heavy (non-hydrogen) atoms. The largest absolute Gasteiger partial charge is 0.497 e. The fourth-order valence-electron chi connectivity index (χ4n) is 6.88. The first-order chi connectivity index (χ1) is 31.6. The van der Waals surface area contributed by atoms with Crippen molar-refractivity contribution in [2.75, 3.05) is 17.7 Å². The molecule has 5 aromatic carbocycles. The molecule has 3 heterocycles. The van der Waals surface area contributed by atoms with Crippen LogP contribution in [-0.2, 0) is 35.3 Å². The van der Waals surface area contributed by atoms with E-state index in [0.29, 0.717) is 57.0 Å². The quantitative estimate of drug-likeness (QED) is 0.0684. The van der Waals surface area contributed by atoms with E-state index in [9.17, 15) is 28.6 Å². The molecule has 2 atom stereocenters. The Hall–Kier alpha value is -8.26. The van der Waals surface area contributed by atoms with Crippen LogP contribution < -0.4 is 15.4 Å². The van der Waals surface area contributed by atoms with Gasteiger partial charge in [0, 0.05) is 36.8 Å². The van der Waals surface area contributed by atoms with E-state index >= 15 is 0 Å². The fourth-order valence-corrected chi connectivity index (χ4v) is 6.88. The van der Waals surface area contributed by atoms with Crippen molar-refractivity contribution in [1.82, 2.24) is 19.9 Å². The molecule has 12 nitrogen and oxygen atoms in total. The maximum Gasteiger partial charge on any atom is 0.326 e. The van der Waals surface area contributed by atoms with E-state index in [1.54, 1.807) is 80.2 Å². The zero-order chi connectivity index (χ0) is 45.5. The van der Waals surface area contributed by atoms with Gasteiger partial charge in [0.2, 0.25) is 0 Å². The molecule has 0 radical (unpaired) electrons. The Morgan fingerprint density at radius 2 is 1.11 bits per heavy atom. The van der Waals surface area contributed by atoms with Crippen LogP contribution in [0.3, 0.4) is 0 Å². The molecule has 0 aliphatic heterocycles. The number of aromatic nitrogens is 4. The molecule has 0 saturated heterocycles. The number of nitrogens with one attached hydrogen (secondary N) is 2. The van der Waals surface area contributed by atoms with Gasteiger partial charge in [0.15, 0.2) is 0 Å². The molecular formula is C51H44F2N6O6. The zero-order valence-corrected chi connectivity index (χ0v) is 35.1. The summed E-state index contributed by atoms with van der Waals surface area (Å²) in [6.07, 6.45) is 5.31. The van der Waals surface area contributed by atoms with Gasteiger partial charge in [0.25, 0.3) is 0 Å². The Morgan fingerprint density at radius 3 is 1.57 bits per heavy atom. The topological polar surface area (TPSA) is 173 Å². The molecule has 8 aromatic rings. The van der Waals surface area contributed by atoms with Gasteiger partial charge in [-0.05, 0) is 53.1 Å². The SMILES string of the molecule is COc1cccc(CC(Nc2ncc(-c3ccccc3)nc2Cc2ccccc2F)C(=O)O)c1.O=C(O)C(Cc1ccco1)Nc1ncc(-c2ccccc2)nc1Cc1ccccc1F. The summed E-state index contributed by atoms with van der Waals surface area (Å²) < 4.78 is 39.2. The Balaban J connectivity index is 0.000000195. The summed E-state index contributed by atoms with van der Waals surface area (Å²) in [4.78, 5) is 42.2. The highest BCUT2D eigenvalue weighted by molar-refractivity contribution is 5.78. The number of carboxylic acids is 2. The van der Waals surface area contributed by atoms with Gasteiger partial charge in [-0.15, -0.1) is 0 Å². The number of rotatable bonds is 17. The molecular weight excluding hydrogens is 831 g/mol. The summed E-state index contributed by atoms with van der Waals surface area (Å²) in [5.41, 5.74) is 5.58. The van der Waals surface area contributed by atoms with E-state index in [2.05, 4.69) is 25.6 Å². The number of nitrogens with zero attached hydrogens (tertiary/aromatic N) is 4. The first-order valence-corrected chi connectivity index (χ1v) is 20.6. The van der Waals surface area contributed by atoms with E-state index in [1.165, 1.54) is 18.4 Å². The Bertz CT molecular complexity index is 2830. The van der Waals surface area contributed by atoms with Crippen molar-refractivity contribution in [3.63, 3.8) is 0 Å². The molecule has 14 heteroatoms. The number of halogens is 2. The smallest absolute Gasteiger partial charge is 0.326 e. The first-order valence-electron chi connectivity index (χ1n) is 20.6. The van der Waals surface area contributed by atoms with Gasteiger partial charge in [-0.25, -0.2) is 38.3 Å². The van der Waals surface area contributed by atoms with Crippen molar-refractivity contribution in [2.45, 2.75) is 37.8 Å². The third-order valence-corrected chi connectivity index (χ3v) is 10.2. The monoisotopic (exact) mass is 874 g/mol. The molecule has 8 rings (SSSR count). The van der Waals surface area contributed by atoms with Crippen LogP contribution in [0.2, 0.25) is 0 Å². The second kappa shape index (κ2) is 21.7. The number of methoxy groups -OCH3 is 1. The average molecular weight is 875 g/mol. The molecule has 0 aliphatic carbocycles. The third-order valence-electron chi connectivity index (χ3n) is 10.2. The minimum absolute atomic E-state index is 0.129. The standard InChI is InChI=1S/C27H24FN3O3.C24H20FN3O3/c1-34-21-12-7-8-18(14-21)15-24(27(32)33)31-26-23(16-20-11-5-6-13-22(20)28)30-25(17-29-26)19-9-3-2-4-10-19;25-19-11-5-4-9-17(19)13-20-23(26-15-22(27-20)16-7-2-1-3-8-16)28-21(24(29)30)14-18-10-6-12-31-18/h2-14,17,24H,15-16H2,1H3,(H,29,31)(H,32,33);1-12,15,21H,13-14H2,(H,26,28)(H,29,30). The van der Waals surface area contributed by atoms with Crippen LogP contribution in [0.5, 0.6) is 5.75 Å². The van der Waals surface area contributed by atoms with E-state index in [-0.39, 0.29) is 37.3 Å². The summed E-state index contributed by atoms with van der Waals surface area (Å²) in [6, 6.07) is 40.6. The van der Waals surface area contributed by atoms with Crippen LogP contribution >= 0.6 is 0 Å². The third kappa shape index (κ3) is 12.2. The summed E-state index contributed by atoms with van der Waals surface area (Å²) in [6.45, 7) is 0. The highest BCUT2D eigenvalue weighted by Gasteiger charge is 2.24. The Morgan fingerprint density at radius 1 is 0.615 bits per heavy atom. The first kappa shape index (κ1) is 44.8. The van der Waals surface area contributed by atoms with Crippen molar-refractivity contribution >= 4 is 23.6 Å². The average Bonchev–Trinajstić information content (AvgIpc) is 3.85. The molecule has 0 bridgehead atoms. The summed E-state index contributed by atoms with van der Waals surface area (Å²) in [5, 5.41) is 25.5. The molecule has 3 aromatic heterocycles. The molecule has 328 valence electrons. The van der Waals surface area contributed by atoms with Gasteiger partial charge in [0.05, 0.1) is 48.5 Å². The fraction of sp³-hybridized carbons (Fsp3) is 0.137. The lowest BCUT2D eigenvalue weighted by Gasteiger charge is -2.18. The lowest BCUT2D eigenvalue weighted by molar-refractivity contribution is -0.138. The van der Waals surface area contributed by atoms with Crippen LogP contribution in [0, 0.1) is 11.6 Å². The zero-order valence-electron chi connectivity index (χ0n) is 35.1. The second-order valence-corrected chi connectivity index (χ2v) is 14.8. The van der Waals surface area contributed by atoms with Gasteiger partial charge in [-0.1, -0.05) is 109 Å². The predicted molar refractivity (Wildman–Crippen MR) is 243 cm³/mol. The maximum atomic E-state index is 14.4. The van der Waals surface area contributed by atoms with Crippen molar-refractivity contribution < 1.29 is 37.7 Å². The summed E-state index contributed by atoms with van der Waals surface area (Å²) >= 11 is 0. The van der Waals surface area contributed by atoms with Crippen LogP contribution in [0.25, 0.3) is 22.5 Å². The van der Waals surface area contributed by atoms with E-state index in [0.717, 1.165) is 16.7 Å². The lowest BCUT2D eigenvalue weighted by Crippen LogP contribution is -2.32. The number of benzene rings is 5. The second-order valence-electron chi connectivity index (χ2n) is 14.8. The number of carboxylic acid groups (broad SMARTS) is 2. The number of hydrogen-bond donors (Lipinski definition) is 4. The maximum absolute atomic E-state index is 14.4. The van der Waals surface area contributed by atoms with Gasteiger partial charge < -0.3 is 30.0 Å². The summed E-state index contributed by atoms with van der Waals surface area (Å²) in [5.74, 6) is -1.02. The lowest BCUT2D eigenvalue weighted by atomic mass is 10.0.